The third-order valence-corrected chi connectivity index (χ3v) is 2.16. The Morgan fingerprint density at radius 1 is 1.33 bits per heavy atom. The number of carbonyl (C=O) groups excluding carboxylic acids is 1. The molecule has 0 aromatic heterocycles. The summed E-state index contributed by atoms with van der Waals surface area (Å²) in [6, 6.07) is 6.92. The lowest BCUT2D eigenvalue weighted by molar-refractivity contribution is -0.141. The third-order valence-electron chi connectivity index (χ3n) is 2.16. The van der Waals surface area contributed by atoms with Gasteiger partial charge in [-0.25, -0.2) is 0 Å². The number of benzene rings is 1. The van der Waals surface area contributed by atoms with Crippen molar-refractivity contribution in [2.75, 3.05) is 20.3 Å². The van der Waals surface area contributed by atoms with E-state index < -0.39 is 0 Å². The zero-order valence-electron chi connectivity index (χ0n) is 10.4. The minimum Gasteiger partial charge on any atom is -0.490 e. The molecule has 0 fully saturated rings. The van der Waals surface area contributed by atoms with Crippen LogP contribution in [0.3, 0.4) is 0 Å². The van der Waals surface area contributed by atoms with Crippen LogP contribution in [0, 0.1) is 11.3 Å². The predicted octanol–water partition coefficient (Wildman–Crippen LogP) is 1.90. The van der Waals surface area contributed by atoms with Crippen molar-refractivity contribution >= 4 is 5.97 Å². The van der Waals surface area contributed by atoms with Crippen LogP contribution in [-0.4, -0.2) is 26.3 Å². The van der Waals surface area contributed by atoms with Crippen LogP contribution in [0.1, 0.15) is 18.9 Å². The summed E-state index contributed by atoms with van der Waals surface area (Å²) in [5.74, 6) is 0.683. The lowest BCUT2D eigenvalue weighted by Crippen LogP contribution is -2.08. The summed E-state index contributed by atoms with van der Waals surface area (Å²) in [6.45, 7) is 2.53. The minimum absolute atomic E-state index is 0.169. The molecule has 0 aliphatic rings. The summed E-state index contributed by atoms with van der Waals surface area (Å²) >= 11 is 0. The van der Waals surface area contributed by atoms with Crippen LogP contribution in [0.5, 0.6) is 11.5 Å². The molecular formula is C13H15NO4. The van der Waals surface area contributed by atoms with Gasteiger partial charge in [-0.1, -0.05) is 0 Å². The molecular weight excluding hydrogens is 234 g/mol. The number of nitriles is 1. The highest BCUT2D eigenvalue weighted by Gasteiger charge is 2.07. The van der Waals surface area contributed by atoms with Crippen molar-refractivity contribution in [3.05, 3.63) is 23.8 Å². The van der Waals surface area contributed by atoms with Crippen molar-refractivity contribution in [3.63, 3.8) is 0 Å². The van der Waals surface area contributed by atoms with Crippen molar-refractivity contribution in [3.8, 4) is 17.6 Å². The molecule has 0 unspecified atom stereocenters. The van der Waals surface area contributed by atoms with Crippen LogP contribution in [0.2, 0.25) is 0 Å². The van der Waals surface area contributed by atoms with Crippen LogP contribution in [-0.2, 0) is 9.53 Å². The van der Waals surface area contributed by atoms with Gasteiger partial charge in [0.1, 0.15) is 0 Å². The molecule has 0 spiro atoms. The minimum atomic E-state index is -0.332. The molecule has 0 saturated carbocycles. The van der Waals surface area contributed by atoms with Gasteiger partial charge >= 0.3 is 5.97 Å². The number of nitrogens with zero attached hydrogens (tertiary/aromatic N) is 1. The standard InChI is InChI=1S/C13H15NO4/c1-3-17-12-8-10(9-14)4-5-11(12)18-7-6-13(15)16-2/h4-5,8H,3,6-7H2,1-2H3. The smallest absolute Gasteiger partial charge is 0.308 e. The number of rotatable bonds is 6. The molecule has 0 saturated heterocycles. The Hall–Kier alpha value is -2.22. The SMILES string of the molecule is CCOc1cc(C#N)ccc1OCCC(=O)OC. The maximum absolute atomic E-state index is 10.9. The van der Waals surface area contributed by atoms with Crippen molar-refractivity contribution in [1.29, 1.82) is 5.26 Å². The van der Waals surface area contributed by atoms with E-state index in [4.69, 9.17) is 14.7 Å². The number of ether oxygens (including phenoxy) is 3. The summed E-state index contributed by atoms with van der Waals surface area (Å²) in [5.41, 5.74) is 0.499. The van der Waals surface area contributed by atoms with E-state index in [1.54, 1.807) is 18.2 Å². The summed E-state index contributed by atoms with van der Waals surface area (Å²) in [7, 11) is 1.33. The molecule has 5 heteroatoms. The van der Waals surface area contributed by atoms with Crippen LogP contribution in [0.25, 0.3) is 0 Å². The van der Waals surface area contributed by atoms with Gasteiger partial charge in [0, 0.05) is 6.07 Å². The highest BCUT2D eigenvalue weighted by molar-refractivity contribution is 5.69. The van der Waals surface area contributed by atoms with Gasteiger partial charge in [-0.2, -0.15) is 5.26 Å². The van der Waals surface area contributed by atoms with E-state index in [2.05, 4.69) is 4.74 Å². The number of esters is 1. The molecule has 0 amide bonds. The zero-order chi connectivity index (χ0) is 13.4. The second-order valence-electron chi connectivity index (χ2n) is 3.38. The van der Waals surface area contributed by atoms with Gasteiger partial charge in [0.15, 0.2) is 11.5 Å². The quantitative estimate of drug-likeness (QED) is 0.720. The van der Waals surface area contributed by atoms with Gasteiger partial charge in [0.05, 0.1) is 38.4 Å². The number of carbonyl (C=O) groups is 1. The van der Waals surface area contributed by atoms with Gasteiger partial charge in [0.25, 0.3) is 0 Å². The van der Waals surface area contributed by atoms with E-state index in [0.717, 1.165) is 0 Å². The maximum atomic E-state index is 10.9. The van der Waals surface area contributed by atoms with Gasteiger partial charge < -0.3 is 14.2 Å². The van der Waals surface area contributed by atoms with Crippen molar-refractivity contribution < 1.29 is 19.0 Å². The highest BCUT2D eigenvalue weighted by Crippen LogP contribution is 2.28. The van der Waals surface area contributed by atoms with E-state index >= 15 is 0 Å². The summed E-state index contributed by atoms with van der Waals surface area (Å²) < 4.78 is 15.3. The van der Waals surface area contributed by atoms with Gasteiger partial charge in [-0.15, -0.1) is 0 Å². The predicted molar refractivity (Wildman–Crippen MR) is 64.5 cm³/mol. The first-order chi connectivity index (χ1) is 8.71. The van der Waals surface area contributed by atoms with E-state index in [0.29, 0.717) is 23.7 Å². The summed E-state index contributed by atoms with van der Waals surface area (Å²) in [4.78, 5) is 10.9. The van der Waals surface area contributed by atoms with Gasteiger partial charge in [0.2, 0.25) is 0 Å². The molecule has 0 heterocycles. The zero-order valence-corrected chi connectivity index (χ0v) is 10.4. The van der Waals surface area contributed by atoms with E-state index in [9.17, 15) is 4.79 Å². The van der Waals surface area contributed by atoms with Crippen molar-refractivity contribution in [1.82, 2.24) is 0 Å². The fourth-order valence-corrected chi connectivity index (χ4v) is 1.31. The molecule has 0 bridgehead atoms. The number of hydrogen-bond acceptors (Lipinski definition) is 5. The van der Waals surface area contributed by atoms with Crippen LogP contribution >= 0.6 is 0 Å². The average Bonchev–Trinajstić information content (AvgIpc) is 2.40. The third kappa shape index (κ3) is 3.98. The fourth-order valence-electron chi connectivity index (χ4n) is 1.31. The first-order valence-electron chi connectivity index (χ1n) is 5.57. The number of methoxy groups -OCH3 is 1. The van der Waals surface area contributed by atoms with E-state index in [1.807, 2.05) is 13.0 Å². The topological polar surface area (TPSA) is 68.5 Å². The Kier molecular flexibility index (Phi) is 5.52. The maximum Gasteiger partial charge on any atom is 0.308 e. The molecule has 5 nitrogen and oxygen atoms in total. The van der Waals surface area contributed by atoms with Crippen LogP contribution < -0.4 is 9.47 Å². The fraction of sp³-hybridized carbons (Fsp3) is 0.385. The van der Waals surface area contributed by atoms with E-state index in [-0.39, 0.29) is 19.0 Å². The first kappa shape index (κ1) is 13.8. The average molecular weight is 249 g/mol. The Bertz CT molecular complexity index is 451. The van der Waals surface area contributed by atoms with Crippen LogP contribution in [0.15, 0.2) is 18.2 Å². The summed E-state index contributed by atoms with van der Waals surface area (Å²) in [5, 5.41) is 8.79. The molecule has 0 radical (unpaired) electrons. The van der Waals surface area contributed by atoms with Gasteiger partial charge in [-0.05, 0) is 19.1 Å². The Labute approximate surface area is 106 Å². The molecule has 0 aliphatic carbocycles. The second-order valence-corrected chi connectivity index (χ2v) is 3.38. The molecule has 0 atom stereocenters. The molecule has 1 rings (SSSR count). The second kappa shape index (κ2) is 7.17. The highest BCUT2D eigenvalue weighted by atomic mass is 16.5. The largest absolute Gasteiger partial charge is 0.490 e. The van der Waals surface area contributed by atoms with Crippen molar-refractivity contribution in [2.24, 2.45) is 0 Å². The lowest BCUT2D eigenvalue weighted by Gasteiger charge is -2.11. The summed E-state index contributed by atoms with van der Waals surface area (Å²) in [6.07, 6.45) is 0.169. The first-order valence-corrected chi connectivity index (χ1v) is 5.57. The molecule has 0 N–H and O–H groups in total. The Morgan fingerprint density at radius 3 is 2.72 bits per heavy atom. The molecule has 18 heavy (non-hydrogen) atoms. The van der Waals surface area contributed by atoms with Crippen LogP contribution in [0.4, 0.5) is 0 Å². The molecule has 0 aliphatic heterocycles. The van der Waals surface area contributed by atoms with Crippen molar-refractivity contribution in [2.45, 2.75) is 13.3 Å². The van der Waals surface area contributed by atoms with Gasteiger partial charge in [-0.3, -0.25) is 4.79 Å². The molecule has 1 aromatic rings. The Balaban J connectivity index is 2.69. The molecule has 96 valence electrons. The molecule has 1 aromatic carbocycles. The number of hydrogen-bond donors (Lipinski definition) is 0. The van der Waals surface area contributed by atoms with E-state index in [1.165, 1.54) is 7.11 Å². The monoisotopic (exact) mass is 249 g/mol. The normalized spacial score (nSPS) is 9.39. The lowest BCUT2D eigenvalue weighted by atomic mass is 10.2. The Morgan fingerprint density at radius 2 is 2.11 bits per heavy atom.